The van der Waals surface area contributed by atoms with Crippen LogP contribution in [0.15, 0.2) is 18.2 Å². The lowest BCUT2D eigenvalue weighted by Gasteiger charge is -2.36. The first-order chi connectivity index (χ1) is 8.93. The zero-order chi connectivity index (χ0) is 14.0. The maximum atomic E-state index is 12.9. The van der Waals surface area contributed by atoms with Gasteiger partial charge in [-0.25, -0.2) is 0 Å². The lowest BCUT2D eigenvalue weighted by molar-refractivity contribution is 0.0707. The van der Waals surface area contributed by atoms with E-state index in [1.165, 1.54) is 6.42 Å². The minimum absolute atomic E-state index is 0.286. The first kappa shape index (κ1) is 14.3. The van der Waals surface area contributed by atoms with Crippen LogP contribution in [0.2, 0.25) is 0 Å². The number of nitrogens with one attached hydrogen (secondary N) is 1. The van der Waals surface area contributed by atoms with Crippen LogP contribution < -0.4 is 5.32 Å². The molecule has 0 amide bonds. The molecule has 1 saturated heterocycles. The SMILES string of the molecule is Cc1ccc(C)c(C(=O)C(C)(C)C2CCCNC2)c1. The summed E-state index contributed by atoms with van der Waals surface area (Å²) < 4.78 is 0. The molecule has 0 aliphatic carbocycles. The number of piperidine rings is 1. The van der Waals surface area contributed by atoms with Gasteiger partial charge >= 0.3 is 0 Å². The van der Waals surface area contributed by atoms with Crippen molar-refractivity contribution in [2.75, 3.05) is 13.1 Å². The maximum absolute atomic E-state index is 12.9. The Labute approximate surface area is 116 Å². The number of carbonyl (C=O) groups excluding carboxylic acids is 1. The Bertz CT molecular complexity index is 470. The van der Waals surface area contributed by atoms with Crippen LogP contribution in [0.3, 0.4) is 0 Å². The van der Waals surface area contributed by atoms with Crippen LogP contribution in [0.25, 0.3) is 0 Å². The van der Waals surface area contributed by atoms with Gasteiger partial charge < -0.3 is 5.32 Å². The van der Waals surface area contributed by atoms with Gasteiger partial charge in [-0.3, -0.25) is 4.79 Å². The van der Waals surface area contributed by atoms with Crippen molar-refractivity contribution in [3.63, 3.8) is 0 Å². The molecule has 104 valence electrons. The van der Waals surface area contributed by atoms with Crippen LogP contribution in [0, 0.1) is 25.2 Å². The van der Waals surface area contributed by atoms with Gasteiger partial charge in [0.05, 0.1) is 0 Å². The maximum Gasteiger partial charge on any atom is 0.169 e. The Hall–Kier alpha value is -1.15. The second-order valence-corrected chi connectivity index (χ2v) is 6.41. The number of benzene rings is 1. The first-order valence-corrected chi connectivity index (χ1v) is 7.25. The van der Waals surface area contributed by atoms with Gasteiger partial charge in [0.1, 0.15) is 0 Å². The lowest BCUT2D eigenvalue weighted by atomic mass is 9.70. The van der Waals surface area contributed by atoms with Crippen molar-refractivity contribution in [3.05, 3.63) is 34.9 Å². The predicted octanol–water partition coefficient (Wildman–Crippen LogP) is 3.51. The second kappa shape index (κ2) is 5.46. The van der Waals surface area contributed by atoms with Crippen molar-refractivity contribution in [2.24, 2.45) is 11.3 Å². The Kier molecular flexibility index (Phi) is 4.10. The van der Waals surface area contributed by atoms with Crippen LogP contribution in [-0.4, -0.2) is 18.9 Å². The van der Waals surface area contributed by atoms with Crippen molar-refractivity contribution in [1.82, 2.24) is 5.32 Å². The van der Waals surface area contributed by atoms with E-state index in [0.717, 1.165) is 36.2 Å². The Morgan fingerprint density at radius 1 is 1.32 bits per heavy atom. The first-order valence-electron chi connectivity index (χ1n) is 7.25. The van der Waals surface area contributed by atoms with Crippen LogP contribution in [0.4, 0.5) is 0 Å². The van der Waals surface area contributed by atoms with E-state index >= 15 is 0 Å². The van der Waals surface area contributed by atoms with E-state index in [1.807, 2.05) is 19.9 Å². The molecule has 1 heterocycles. The molecule has 2 heteroatoms. The van der Waals surface area contributed by atoms with Crippen LogP contribution in [-0.2, 0) is 0 Å². The van der Waals surface area contributed by atoms with Gasteiger partial charge in [0, 0.05) is 11.0 Å². The monoisotopic (exact) mass is 259 g/mol. The van der Waals surface area contributed by atoms with E-state index in [-0.39, 0.29) is 5.41 Å². The van der Waals surface area contributed by atoms with Crippen molar-refractivity contribution in [3.8, 4) is 0 Å². The number of hydrogen-bond donors (Lipinski definition) is 1. The van der Waals surface area contributed by atoms with Crippen molar-refractivity contribution in [1.29, 1.82) is 0 Å². The molecule has 0 aromatic heterocycles. The van der Waals surface area contributed by atoms with Gasteiger partial charge in [0.15, 0.2) is 5.78 Å². The van der Waals surface area contributed by atoms with E-state index in [9.17, 15) is 4.79 Å². The van der Waals surface area contributed by atoms with E-state index in [1.54, 1.807) is 0 Å². The minimum Gasteiger partial charge on any atom is -0.316 e. The fraction of sp³-hybridized carbons (Fsp3) is 0.588. The van der Waals surface area contributed by atoms with Crippen LogP contribution in [0.5, 0.6) is 0 Å². The molecule has 0 saturated carbocycles. The topological polar surface area (TPSA) is 29.1 Å². The van der Waals surface area contributed by atoms with Crippen molar-refractivity contribution < 1.29 is 4.79 Å². The van der Waals surface area contributed by atoms with Crippen molar-refractivity contribution >= 4 is 5.78 Å². The minimum atomic E-state index is -0.286. The standard InChI is InChI=1S/C17H25NO/c1-12-7-8-13(2)15(10-12)16(19)17(3,4)14-6-5-9-18-11-14/h7-8,10,14,18H,5-6,9,11H2,1-4H3. The highest BCUT2D eigenvalue weighted by molar-refractivity contribution is 6.01. The average molecular weight is 259 g/mol. The third-order valence-electron chi connectivity index (χ3n) is 4.54. The Balaban J connectivity index is 2.28. The summed E-state index contributed by atoms with van der Waals surface area (Å²) in [5, 5.41) is 3.42. The lowest BCUT2D eigenvalue weighted by Crippen LogP contribution is -2.42. The number of rotatable bonds is 3. The van der Waals surface area contributed by atoms with Crippen molar-refractivity contribution in [2.45, 2.75) is 40.5 Å². The summed E-state index contributed by atoms with van der Waals surface area (Å²) in [6, 6.07) is 6.16. The molecule has 1 atom stereocenters. The van der Waals surface area contributed by atoms with Gasteiger partial charge in [-0.15, -0.1) is 0 Å². The number of Topliss-reactive ketones (excluding diaryl/α,β-unsaturated/α-hetero) is 1. The summed E-state index contributed by atoms with van der Waals surface area (Å²) >= 11 is 0. The molecular formula is C17H25NO. The second-order valence-electron chi connectivity index (χ2n) is 6.41. The number of ketones is 1. The summed E-state index contributed by atoms with van der Waals surface area (Å²) in [5.74, 6) is 0.732. The fourth-order valence-electron chi connectivity index (χ4n) is 2.98. The van der Waals surface area contributed by atoms with E-state index in [0.29, 0.717) is 11.7 Å². The molecule has 19 heavy (non-hydrogen) atoms. The molecule has 0 radical (unpaired) electrons. The molecule has 2 nitrogen and oxygen atoms in total. The molecule has 1 unspecified atom stereocenters. The summed E-state index contributed by atoms with van der Waals surface area (Å²) in [4.78, 5) is 12.9. The summed E-state index contributed by atoms with van der Waals surface area (Å²) in [6.07, 6.45) is 2.32. The molecule has 1 N–H and O–H groups in total. The number of carbonyl (C=O) groups is 1. The third-order valence-corrected chi connectivity index (χ3v) is 4.54. The summed E-state index contributed by atoms with van der Waals surface area (Å²) in [7, 11) is 0. The molecule has 2 rings (SSSR count). The molecule has 1 fully saturated rings. The molecule has 1 aromatic carbocycles. The van der Waals surface area contributed by atoms with E-state index in [2.05, 4.69) is 31.3 Å². The fourth-order valence-corrected chi connectivity index (χ4v) is 2.98. The normalized spacial score (nSPS) is 20.3. The summed E-state index contributed by atoms with van der Waals surface area (Å²) in [6.45, 7) is 10.3. The quantitative estimate of drug-likeness (QED) is 0.842. The van der Waals surface area contributed by atoms with Gasteiger partial charge in [0.25, 0.3) is 0 Å². The highest BCUT2D eigenvalue weighted by atomic mass is 16.1. The largest absolute Gasteiger partial charge is 0.316 e. The van der Waals surface area contributed by atoms with Gasteiger partial charge in [-0.05, 0) is 57.3 Å². The Morgan fingerprint density at radius 2 is 2.05 bits per heavy atom. The average Bonchev–Trinajstić information content (AvgIpc) is 2.41. The van der Waals surface area contributed by atoms with E-state index in [4.69, 9.17) is 0 Å². The highest BCUT2D eigenvalue weighted by Gasteiger charge is 2.38. The van der Waals surface area contributed by atoms with Gasteiger partial charge in [-0.2, -0.15) is 0 Å². The number of hydrogen-bond acceptors (Lipinski definition) is 2. The predicted molar refractivity (Wildman–Crippen MR) is 79.6 cm³/mol. The van der Waals surface area contributed by atoms with Crippen LogP contribution in [0.1, 0.15) is 48.2 Å². The molecule has 1 aromatic rings. The van der Waals surface area contributed by atoms with Gasteiger partial charge in [-0.1, -0.05) is 31.5 Å². The zero-order valence-corrected chi connectivity index (χ0v) is 12.5. The molecular weight excluding hydrogens is 234 g/mol. The smallest absolute Gasteiger partial charge is 0.169 e. The summed E-state index contributed by atoms with van der Waals surface area (Å²) in [5.41, 5.74) is 2.86. The molecule has 1 aliphatic rings. The molecule has 1 aliphatic heterocycles. The third kappa shape index (κ3) is 2.89. The highest BCUT2D eigenvalue weighted by Crippen LogP contribution is 2.35. The zero-order valence-electron chi connectivity index (χ0n) is 12.5. The number of aryl methyl sites for hydroxylation is 2. The van der Waals surface area contributed by atoms with Gasteiger partial charge in [0.2, 0.25) is 0 Å². The molecule has 0 bridgehead atoms. The van der Waals surface area contributed by atoms with E-state index < -0.39 is 0 Å². The Morgan fingerprint density at radius 3 is 2.68 bits per heavy atom. The molecule has 0 spiro atoms. The van der Waals surface area contributed by atoms with Crippen LogP contribution >= 0.6 is 0 Å².